The molecule has 19 heavy (non-hydrogen) atoms. The highest BCUT2D eigenvalue weighted by molar-refractivity contribution is 7.88. The first-order valence-corrected chi connectivity index (χ1v) is 7.66. The van der Waals surface area contributed by atoms with Gasteiger partial charge in [0.2, 0.25) is 10.0 Å². The quantitative estimate of drug-likeness (QED) is 0.747. The topological polar surface area (TPSA) is 92.9 Å². The summed E-state index contributed by atoms with van der Waals surface area (Å²) >= 11 is 0. The highest BCUT2D eigenvalue weighted by Crippen LogP contribution is 2.18. The summed E-state index contributed by atoms with van der Waals surface area (Å²) in [6, 6.07) is 6.30. The van der Waals surface area contributed by atoms with E-state index in [1.54, 1.807) is 24.3 Å². The third-order valence-electron chi connectivity index (χ3n) is 3.04. The number of aliphatic hydroxyl groups excluding tert-OH is 1. The number of hydrogen-bond donors (Lipinski definition) is 2. The molecule has 1 aromatic carbocycles. The monoisotopic (exact) mass is 286 g/mol. The van der Waals surface area contributed by atoms with E-state index in [9.17, 15) is 13.5 Å². The third kappa shape index (κ3) is 3.44. The van der Waals surface area contributed by atoms with Crippen molar-refractivity contribution in [3.05, 3.63) is 29.8 Å². The van der Waals surface area contributed by atoms with Gasteiger partial charge in [0.25, 0.3) is 0 Å². The zero-order chi connectivity index (χ0) is 13.9. The van der Waals surface area contributed by atoms with Gasteiger partial charge < -0.3 is 15.6 Å². The molecule has 1 aromatic rings. The summed E-state index contributed by atoms with van der Waals surface area (Å²) in [7, 11) is -3.48. The van der Waals surface area contributed by atoms with Crippen molar-refractivity contribution in [1.82, 2.24) is 4.31 Å². The lowest BCUT2D eigenvalue weighted by Crippen LogP contribution is -2.50. The Hall–Kier alpha value is -1.15. The molecule has 0 aliphatic carbocycles. The summed E-state index contributed by atoms with van der Waals surface area (Å²) in [5, 5.41) is 9.23. The third-order valence-corrected chi connectivity index (χ3v) is 4.94. The summed E-state index contributed by atoms with van der Waals surface area (Å²) in [6.45, 7) is 0.616. The molecular formula is C12H18N2O4S. The predicted molar refractivity (Wildman–Crippen MR) is 71.9 cm³/mol. The van der Waals surface area contributed by atoms with Crippen LogP contribution in [0, 0.1) is 0 Å². The highest BCUT2D eigenvalue weighted by atomic mass is 32.2. The number of hydrogen-bond acceptors (Lipinski definition) is 5. The van der Waals surface area contributed by atoms with Crippen LogP contribution in [0.4, 0.5) is 5.69 Å². The lowest BCUT2D eigenvalue weighted by atomic mass is 10.2. The van der Waals surface area contributed by atoms with E-state index in [4.69, 9.17) is 10.5 Å². The smallest absolute Gasteiger partial charge is 0.218 e. The molecule has 1 heterocycles. The van der Waals surface area contributed by atoms with Crippen LogP contribution in [0.3, 0.4) is 0 Å². The van der Waals surface area contributed by atoms with E-state index in [-0.39, 0.29) is 25.5 Å². The zero-order valence-electron chi connectivity index (χ0n) is 10.5. The summed E-state index contributed by atoms with van der Waals surface area (Å²) < 4.78 is 31.2. The molecule has 0 aromatic heterocycles. The Morgan fingerprint density at radius 1 is 1.47 bits per heavy atom. The van der Waals surface area contributed by atoms with Gasteiger partial charge in [0, 0.05) is 12.2 Å². The first-order valence-electron chi connectivity index (χ1n) is 6.05. The number of sulfonamides is 1. The largest absolute Gasteiger partial charge is 0.399 e. The molecular weight excluding hydrogens is 268 g/mol. The highest BCUT2D eigenvalue weighted by Gasteiger charge is 2.32. The lowest BCUT2D eigenvalue weighted by molar-refractivity contribution is 0.0108. The molecule has 0 radical (unpaired) electrons. The molecule has 0 amide bonds. The van der Waals surface area contributed by atoms with Crippen LogP contribution < -0.4 is 5.73 Å². The first-order chi connectivity index (χ1) is 9.03. The molecule has 6 nitrogen and oxygen atoms in total. The van der Waals surface area contributed by atoms with Crippen molar-refractivity contribution in [1.29, 1.82) is 0 Å². The normalized spacial score (nSPS) is 21.4. The maximum absolute atomic E-state index is 12.4. The molecule has 0 bridgehead atoms. The SMILES string of the molecule is Nc1cccc(CS(=O)(=O)N2CCOCC2CO)c1. The van der Waals surface area contributed by atoms with Crippen molar-refractivity contribution in [2.45, 2.75) is 11.8 Å². The number of benzene rings is 1. The van der Waals surface area contributed by atoms with Crippen LogP contribution in [0.5, 0.6) is 0 Å². The second-order valence-electron chi connectivity index (χ2n) is 4.52. The van der Waals surface area contributed by atoms with Crippen LogP contribution in [0.2, 0.25) is 0 Å². The van der Waals surface area contributed by atoms with E-state index in [0.717, 1.165) is 0 Å². The second kappa shape index (κ2) is 5.87. The van der Waals surface area contributed by atoms with Crippen molar-refractivity contribution in [3.8, 4) is 0 Å². The van der Waals surface area contributed by atoms with Gasteiger partial charge in [-0.25, -0.2) is 8.42 Å². The molecule has 1 atom stereocenters. The molecule has 1 aliphatic rings. The zero-order valence-corrected chi connectivity index (χ0v) is 11.3. The molecule has 1 saturated heterocycles. The number of morpholine rings is 1. The molecule has 1 aliphatic heterocycles. The number of aliphatic hydroxyl groups is 1. The van der Waals surface area contributed by atoms with E-state index in [1.807, 2.05) is 0 Å². The second-order valence-corrected chi connectivity index (χ2v) is 6.44. The predicted octanol–water partition coefficient (Wildman–Crippen LogP) is -0.208. The minimum Gasteiger partial charge on any atom is -0.399 e. The summed E-state index contributed by atoms with van der Waals surface area (Å²) in [6.07, 6.45) is 0. The van der Waals surface area contributed by atoms with Gasteiger partial charge in [0.15, 0.2) is 0 Å². The van der Waals surface area contributed by atoms with Gasteiger partial charge >= 0.3 is 0 Å². The van der Waals surface area contributed by atoms with E-state index < -0.39 is 16.1 Å². The van der Waals surface area contributed by atoms with Gasteiger partial charge in [-0.05, 0) is 17.7 Å². The van der Waals surface area contributed by atoms with Gasteiger partial charge in [0.05, 0.1) is 31.6 Å². The van der Waals surface area contributed by atoms with E-state index in [0.29, 0.717) is 17.9 Å². The first kappa shape index (κ1) is 14.3. The maximum Gasteiger partial charge on any atom is 0.218 e. The fourth-order valence-corrected chi connectivity index (χ4v) is 3.83. The van der Waals surface area contributed by atoms with Gasteiger partial charge in [-0.3, -0.25) is 0 Å². The van der Waals surface area contributed by atoms with Crippen molar-refractivity contribution in [3.63, 3.8) is 0 Å². The van der Waals surface area contributed by atoms with E-state index in [1.165, 1.54) is 4.31 Å². The maximum atomic E-state index is 12.4. The molecule has 1 unspecified atom stereocenters. The molecule has 1 fully saturated rings. The molecule has 0 saturated carbocycles. The lowest BCUT2D eigenvalue weighted by Gasteiger charge is -2.33. The Labute approximate surface area is 112 Å². The number of nitrogen functional groups attached to an aromatic ring is 1. The number of rotatable bonds is 4. The fourth-order valence-electron chi connectivity index (χ4n) is 2.13. The molecule has 106 valence electrons. The van der Waals surface area contributed by atoms with Gasteiger partial charge in [-0.1, -0.05) is 12.1 Å². The Morgan fingerprint density at radius 3 is 2.95 bits per heavy atom. The Morgan fingerprint density at radius 2 is 2.26 bits per heavy atom. The summed E-state index contributed by atoms with van der Waals surface area (Å²) in [5.41, 5.74) is 6.82. The molecule has 0 spiro atoms. The summed E-state index contributed by atoms with van der Waals surface area (Å²) in [5.74, 6) is -0.117. The van der Waals surface area contributed by atoms with Crippen LogP contribution in [0.25, 0.3) is 0 Å². The van der Waals surface area contributed by atoms with Crippen molar-refractivity contribution in [2.24, 2.45) is 0 Å². The number of ether oxygens (including phenoxy) is 1. The average molecular weight is 286 g/mol. The van der Waals surface area contributed by atoms with Crippen molar-refractivity contribution < 1.29 is 18.3 Å². The Bertz CT molecular complexity index is 532. The fraction of sp³-hybridized carbons (Fsp3) is 0.500. The average Bonchev–Trinajstić information content (AvgIpc) is 2.38. The van der Waals surface area contributed by atoms with Crippen LogP contribution in [0.15, 0.2) is 24.3 Å². The number of nitrogens with zero attached hydrogens (tertiary/aromatic N) is 1. The molecule has 7 heteroatoms. The molecule has 3 N–H and O–H groups in total. The van der Waals surface area contributed by atoms with Gasteiger partial charge in [0.1, 0.15) is 0 Å². The number of nitrogens with two attached hydrogens (primary N) is 1. The van der Waals surface area contributed by atoms with Gasteiger partial charge in [-0.15, -0.1) is 0 Å². The number of anilines is 1. The van der Waals surface area contributed by atoms with E-state index >= 15 is 0 Å². The van der Waals surface area contributed by atoms with Crippen molar-refractivity contribution >= 4 is 15.7 Å². The van der Waals surface area contributed by atoms with Crippen LogP contribution in [-0.4, -0.2) is 50.2 Å². The van der Waals surface area contributed by atoms with Crippen LogP contribution >= 0.6 is 0 Å². The minimum absolute atomic E-state index is 0.117. The Kier molecular flexibility index (Phi) is 4.41. The van der Waals surface area contributed by atoms with Crippen LogP contribution in [-0.2, 0) is 20.5 Å². The van der Waals surface area contributed by atoms with Crippen LogP contribution in [0.1, 0.15) is 5.56 Å². The van der Waals surface area contributed by atoms with Crippen molar-refractivity contribution in [2.75, 3.05) is 32.1 Å². The molecule has 2 rings (SSSR count). The van der Waals surface area contributed by atoms with Gasteiger partial charge in [-0.2, -0.15) is 4.31 Å². The Balaban J connectivity index is 2.17. The van der Waals surface area contributed by atoms with E-state index in [2.05, 4.69) is 0 Å². The minimum atomic E-state index is -3.48. The summed E-state index contributed by atoms with van der Waals surface area (Å²) in [4.78, 5) is 0. The standard InChI is InChI=1S/C12H18N2O4S/c13-11-3-1-2-10(6-11)9-19(16,17)14-4-5-18-8-12(14)7-15/h1-3,6,12,15H,4-5,7-9,13H2.